The highest BCUT2D eigenvalue weighted by molar-refractivity contribution is 6.08. The average molecular weight is 310 g/mol. The fourth-order valence-electron chi connectivity index (χ4n) is 3.18. The summed E-state index contributed by atoms with van der Waals surface area (Å²) in [5, 5.41) is 7.25. The van der Waals surface area contributed by atoms with Crippen LogP contribution in [0.5, 0.6) is 0 Å². The van der Waals surface area contributed by atoms with Crippen molar-refractivity contribution in [1.29, 1.82) is 0 Å². The summed E-state index contributed by atoms with van der Waals surface area (Å²) in [5.74, 6) is 0.730. The first-order valence-electron chi connectivity index (χ1n) is 7.84. The van der Waals surface area contributed by atoms with Crippen molar-refractivity contribution < 1.29 is 9.21 Å². The normalized spacial score (nSPS) is 15.8. The molecule has 0 spiro atoms. The topological polar surface area (TPSA) is 83.0 Å². The number of aromatic nitrogens is 2. The van der Waals surface area contributed by atoms with Gasteiger partial charge in [-0.1, -0.05) is 6.07 Å². The minimum absolute atomic E-state index is 0.221. The molecule has 1 saturated heterocycles. The first kappa shape index (κ1) is 14.0. The highest BCUT2D eigenvalue weighted by Crippen LogP contribution is 2.29. The SMILES string of the molecule is O=C(Nc1cccc2[nH]ccc12)c1ncoc1C1CCNCC1. The second kappa shape index (κ2) is 5.89. The lowest BCUT2D eigenvalue weighted by molar-refractivity contribution is 0.102. The number of rotatable bonds is 3. The number of aromatic amines is 1. The largest absolute Gasteiger partial charge is 0.447 e. The van der Waals surface area contributed by atoms with Crippen LogP contribution in [0.3, 0.4) is 0 Å². The zero-order chi connectivity index (χ0) is 15.6. The van der Waals surface area contributed by atoms with Crippen LogP contribution in [0.4, 0.5) is 5.69 Å². The molecule has 6 nitrogen and oxygen atoms in total. The van der Waals surface area contributed by atoms with Crippen molar-refractivity contribution in [2.75, 3.05) is 18.4 Å². The van der Waals surface area contributed by atoms with E-state index >= 15 is 0 Å². The number of piperidine rings is 1. The summed E-state index contributed by atoms with van der Waals surface area (Å²) in [4.78, 5) is 19.9. The summed E-state index contributed by atoms with van der Waals surface area (Å²) in [6, 6.07) is 7.71. The maximum Gasteiger partial charge on any atom is 0.277 e. The number of amides is 1. The number of fused-ring (bicyclic) bond motifs is 1. The molecule has 0 saturated carbocycles. The van der Waals surface area contributed by atoms with Gasteiger partial charge in [-0.15, -0.1) is 0 Å². The molecule has 1 amide bonds. The molecule has 0 aliphatic carbocycles. The Bertz CT molecular complexity index is 830. The van der Waals surface area contributed by atoms with Crippen molar-refractivity contribution >= 4 is 22.5 Å². The highest BCUT2D eigenvalue weighted by Gasteiger charge is 2.26. The molecule has 6 heteroatoms. The predicted octanol–water partition coefficient (Wildman–Crippen LogP) is 2.88. The molecule has 3 N–H and O–H groups in total. The molecule has 0 unspecified atom stereocenters. The number of carbonyl (C=O) groups excluding carboxylic acids is 1. The number of oxazole rings is 1. The molecule has 2 aromatic heterocycles. The Morgan fingerprint density at radius 2 is 2.13 bits per heavy atom. The quantitative estimate of drug-likeness (QED) is 0.694. The molecule has 3 aromatic rings. The van der Waals surface area contributed by atoms with Gasteiger partial charge >= 0.3 is 0 Å². The average Bonchev–Trinajstić information content (AvgIpc) is 3.25. The molecular weight excluding hydrogens is 292 g/mol. The van der Waals surface area contributed by atoms with Gasteiger partial charge in [0.1, 0.15) is 5.76 Å². The summed E-state index contributed by atoms with van der Waals surface area (Å²) in [6.07, 6.45) is 5.14. The predicted molar refractivity (Wildman–Crippen MR) is 87.6 cm³/mol. The van der Waals surface area contributed by atoms with E-state index in [9.17, 15) is 4.79 Å². The minimum Gasteiger partial charge on any atom is -0.447 e. The van der Waals surface area contributed by atoms with Crippen LogP contribution in [0, 0.1) is 0 Å². The van der Waals surface area contributed by atoms with Crippen molar-refractivity contribution in [3.8, 4) is 0 Å². The van der Waals surface area contributed by atoms with Crippen molar-refractivity contribution in [3.63, 3.8) is 0 Å². The number of nitrogens with zero attached hydrogens (tertiary/aromatic N) is 1. The van der Waals surface area contributed by atoms with E-state index in [1.807, 2.05) is 30.5 Å². The lowest BCUT2D eigenvalue weighted by atomic mass is 9.94. The van der Waals surface area contributed by atoms with Gasteiger partial charge in [0.05, 0.1) is 5.69 Å². The summed E-state index contributed by atoms with van der Waals surface area (Å²) in [5.41, 5.74) is 2.15. The van der Waals surface area contributed by atoms with Gasteiger partial charge in [-0.3, -0.25) is 4.79 Å². The molecule has 0 atom stereocenters. The van der Waals surface area contributed by atoms with Crippen molar-refractivity contribution in [3.05, 3.63) is 48.3 Å². The van der Waals surface area contributed by atoms with Crippen LogP contribution in [0.1, 0.15) is 35.0 Å². The summed E-state index contributed by atoms with van der Waals surface area (Å²) in [6.45, 7) is 1.88. The molecule has 4 rings (SSSR count). The molecule has 1 fully saturated rings. The second-order valence-electron chi connectivity index (χ2n) is 5.79. The van der Waals surface area contributed by atoms with Crippen LogP contribution in [0.2, 0.25) is 0 Å². The van der Waals surface area contributed by atoms with Crippen molar-refractivity contribution in [1.82, 2.24) is 15.3 Å². The van der Waals surface area contributed by atoms with E-state index in [-0.39, 0.29) is 11.8 Å². The summed E-state index contributed by atoms with van der Waals surface area (Å²) < 4.78 is 5.53. The fraction of sp³-hybridized carbons (Fsp3) is 0.294. The molecule has 3 heterocycles. The Balaban J connectivity index is 1.60. The zero-order valence-electron chi connectivity index (χ0n) is 12.6. The van der Waals surface area contributed by atoms with E-state index in [0.29, 0.717) is 11.5 Å². The van der Waals surface area contributed by atoms with E-state index in [1.54, 1.807) is 0 Å². The summed E-state index contributed by atoms with van der Waals surface area (Å²) >= 11 is 0. The van der Waals surface area contributed by atoms with Crippen LogP contribution >= 0.6 is 0 Å². The molecule has 0 radical (unpaired) electrons. The van der Waals surface area contributed by atoms with E-state index < -0.39 is 0 Å². The number of carbonyl (C=O) groups is 1. The number of benzene rings is 1. The van der Waals surface area contributed by atoms with Crippen molar-refractivity contribution in [2.45, 2.75) is 18.8 Å². The van der Waals surface area contributed by atoms with Gasteiger partial charge in [0.2, 0.25) is 0 Å². The molecule has 1 aromatic carbocycles. The maximum atomic E-state index is 12.6. The third-order valence-corrected chi connectivity index (χ3v) is 4.36. The van der Waals surface area contributed by atoms with E-state index in [1.165, 1.54) is 6.39 Å². The van der Waals surface area contributed by atoms with Gasteiger partial charge in [0.25, 0.3) is 5.91 Å². The number of anilines is 1. The molecular formula is C17H18N4O2. The van der Waals surface area contributed by atoms with Crippen LogP contribution in [0.15, 0.2) is 41.3 Å². The number of hydrogen-bond donors (Lipinski definition) is 3. The number of H-pyrrole nitrogens is 1. The molecule has 23 heavy (non-hydrogen) atoms. The lowest BCUT2D eigenvalue weighted by Crippen LogP contribution is -2.27. The lowest BCUT2D eigenvalue weighted by Gasteiger charge is -2.21. The summed E-state index contributed by atoms with van der Waals surface area (Å²) in [7, 11) is 0. The molecule has 0 bridgehead atoms. The Morgan fingerprint density at radius 3 is 3.00 bits per heavy atom. The fourth-order valence-corrected chi connectivity index (χ4v) is 3.18. The maximum absolute atomic E-state index is 12.6. The van der Waals surface area contributed by atoms with Crippen molar-refractivity contribution in [2.24, 2.45) is 0 Å². The van der Waals surface area contributed by atoms with E-state index in [2.05, 4.69) is 20.6 Å². The Hall–Kier alpha value is -2.60. The first-order chi connectivity index (χ1) is 11.3. The smallest absolute Gasteiger partial charge is 0.277 e. The standard InChI is InChI=1S/C17H18N4O2/c22-17(21-14-3-1-2-13-12(14)6-9-19-13)15-16(23-10-20-15)11-4-7-18-8-5-11/h1-3,6,9-11,18-19H,4-5,7-8H2,(H,21,22). The van der Waals surface area contributed by atoms with E-state index in [4.69, 9.17) is 4.42 Å². The van der Waals surface area contributed by atoms with E-state index in [0.717, 1.165) is 42.5 Å². The Morgan fingerprint density at radius 1 is 1.26 bits per heavy atom. The third-order valence-electron chi connectivity index (χ3n) is 4.36. The minimum atomic E-state index is -0.221. The number of nitrogens with one attached hydrogen (secondary N) is 3. The van der Waals surface area contributed by atoms with Crippen LogP contribution in [0.25, 0.3) is 10.9 Å². The van der Waals surface area contributed by atoms with Gasteiger partial charge < -0.3 is 20.0 Å². The monoisotopic (exact) mass is 310 g/mol. The van der Waals surface area contributed by atoms with Gasteiger partial charge in [0.15, 0.2) is 12.1 Å². The van der Waals surface area contributed by atoms with Gasteiger partial charge in [-0.25, -0.2) is 4.98 Å². The van der Waals surface area contributed by atoms with Crippen LogP contribution in [-0.2, 0) is 0 Å². The first-order valence-corrected chi connectivity index (χ1v) is 7.84. The van der Waals surface area contributed by atoms with Crippen LogP contribution < -0.4 is 10.6 Å². The molecule has 1 aliphatic rings. The Kier molecular flexibility index (Phi) is 3.59. The highest BCUT2D eigenvalue weighted by atomic mass is 16.3. The van der Waals surface area contributed by atoms with Crippen LogP contribution in [-0.4, -0.2) is 29.0 Å². The third kappa shape index (κ3) is 2.61. The molecule has 1 aliphatic heterocycles. The Labute approximate surface area is 133 Å². The second-order valence-corrected chi connectivity index (χ2v) is 5.79. The van der Waals surface area contributed by atoms with Gasteiger partial charge in [0, 0.05) is 23.0 Å². The number of hydrogen-bond acceptors (Lipinski definition) is 4. The van der Waals surface area contributed by atoms with Gasteiger partial charge in [-0.05, 0) is 44.1 Å². The van der Waals surface area contributed by atoms with Gasteiger partial charge in [-0.2, -0.15) is 0 Å². The molecule has 118 valence electrons. The zero-order valence-corrected chi connectivity index (χ0v) is 12.6.